The Labute approximate surface area is 203 Å². The van der Waals surface area contributed by atoms with E-state index in [9.17, 15) is 9.59 Å². The molecule has 0 bridgehead atoms. The van der Waals surface area contributed by atoms with Crippen molar-refractivity contribution in [3.8, 4) is 0 Å². The SMILES string of the molecule is Cc1nc2c3c(ccc2o1)C1CCC2(C)C(=O)CC(CCC(=O)Nc4ncc(C)s4)C2C1CC3. The van der Waals surface area contributed by atoms with Crippen LogP contribution in [0.15, 0.2) is 22.7 Å². The van der Waals surface area contributed by atoms with Gasteiger partial charge in [0, 0.05) is 36.3 Å². The first kappa shape index (κ1) is 22.0. The summed E-state index contributed by atoms with van der Waals surface area (Å²) in [7, 11) is 0. The lowest BCUT2D eigenvalue weighted by Crippen LogP contribution is -2.44. The van der Waals surface area contributed by atoms with Crippen molar-refractivity contribution in [1.82, 2.24) is 9.97 Å². The minimum atomic E-state index is -0.249. The quantitative estimate of drug-likeness (QED) is 0.500. The first-order valence-corrected chi connectivity index (χ1v) is 13.3. The highest BCUT2D eigenvalue weighted by molar-refractivity contribution is 7.15. The molecular weight excluding hydrogens is 446 g/mol. The van der Waals surface area contributed by atoms with E-state index in [2.05, 4.69) is 34.3 Å². The number of anilines is 1. The van der Waals surface area contributed by atoms with Crippen molar-refractivity contribution in [3.63, 3.8) is 0 Å². The Morgan fingerprint density at radius 2 is 2.15 bits per heavy atom. The Kier molecular flexibility index (Phi) is 5.17. The molecule has 2 saturated carbocycles. The van der Waals surface area contributed by atoms with Gasteiger partial charge in [0.15, 0.2) is 16.6 Å². The summed E-state index contributed by atoms with van der Waals surface area (Å²) in [5.41, 5.74) is 4.41. The highest BCUT2D eigenvalue weighted by Crippen LogP contribution is 2.62. The summed E-state index contributed by atoms with van der Waals surface area (Å²) >= 11 is 1.49. The molecule has 6 nitrogen and oxygen atoms in total. The molecule has 0 spiro atoms. The minimum Gasteiger partial charge on any atom is -0.441 e. The fourth-order valence-electron chi connectivity index (χ4n) is 7.41. The van der Waals surface area contributed by atoms with Gasteiger partial charge in [-0.2, -0.15) is 0 Å². The van der Waals surface area contributed by atoms with Crippen LogP contribution >= 0.6 is 11.3 Å². The predicted molar refractivity (Wildman–Crippen MR) is 132 cm³/mol. The molecule has 5 unspecified atom stereocenters. The zero-order valence-electron chi connectivity index (χ0n) is 20.0. The second kappa shape index (κ2) is 8.01. The number of aromatic nitrogens is 2. The first-order valence-electron chi connectivity index (χ1n) is 12.5. The Hall–Kier alpha value is -2.54. The van der Waals surface area contributed by atoms with Gasteiger partial charge >= 0.3 is 0 Å². The number of oxazole rings is 1. The van der Waals surface area contributed by atoms with E-state index in [0.717, 1.165) is 54.0 Å². The third kappa shape index (κ3) is 3.43. The van der Waals surface area contributed by atoms with E-state index in [1.807, 2.05) is 13.8 Å². The third-order valence-electron chi connectivity index (χ3n) is 8.83. The van der Waals surface area contributed by atoms with Gasteiger partial charge in [0.05, 0.1) is 0 Å². The van der Waals surface area contributed by atoms with E-state index in [0.29, 0.717) is 41.5 Å². The molecule has 7 heteroatoms. The largest absolute Gasteiger partial charge is 0.441 e. The van der Waals surface area contributed by atoms with Crippen molar-refractivity contribution < 1.29 is 14.0 Å². The molecule has 0 radical (unpaired) electrons. The van der Waals surface area contributed by atoms with E-state index in [-0.39, 0.29) is 17.2 Å². The fourth-order valence-corrected chi connectivity index (χ4v) is 8.09. The second-order valence-corrected chi connectivity index (χ2v) is 12.0. The lowest BCUT2D eigenvalue weighted by Gasteiger charge is -2.50. The number of rotatable bonds is 4. The number of carbonyl (C=O) groups excluding carboxylic acids is 2. The molecule has 0 aliphatic heterocycles. The molecule has 1 N–H and O–H groups in total. The summed E-state index contributed by atoms with van der Waals surface area (Å²) in [6.45, 7) is 6.09. The van der Waals surface area contributed by atoms with Gasteiger partial charge in [0.25, 0.3) is 0 Å². The number of nitrogens with zero attached hydrogens (tertiary/aromatic N) is 2. The van der Waals surface area contributed by atoms with Gasteiger partial charge in [-0.05, 0) is 79.9 Å². The number of carbonyl (C=O) groups is 2. The highest BCUT2D eigenvalue weighted by atomic mass is 32.1. The lowest BCUT2D eigenvalue weighted by atomic mass is 9.54. The Bertz CT molecular complexity index is 1290. The lowest BCUT2D eigenvalue weighted by molar-refractivity contribution is -0.129. The van der Waals surface area contributed by atoms with Gasteiger partial charge in [0.1, 0.15) is 11.3 Å². The number of amides is 1. The zero-order chi connectivity index (χ0) is 23.6. The van der Waals surface area contributed by atoms with Crippen molar-refractivity contribution >= 4 is 39.3 Å². The van der Waals surface area contributed by atoms with Gasteiger partial charge in [0.2, 0.25) is 5.91 Å². The molecule has 3 aliphatic rings. The number of aryl methyl sites for hydroxylation is 3. The molecule has 1 amide bonds. The van der Waals surface area contributed by atoms with Crippen LogP contribution in [0.25, 0.3) is 11.1 Å². The topological polar surface area (TPSA) is 85.1 Å². The van der Waals surface area contributed by atoms with E-state index in [1.54, 1.807) is 6.20 Å². The predicted octanol–water partition coefficient (Wildman–Crippen LogP) is 5.97. The van der Waals surface area contributed by atoms with Gasteiger partial charge in [-0.3, -0.25) is 9.59 Å². The number of thiazole rings is 1. The van der Waals surface area contributed by atoms with E-state index < -0.39 is 0 Å². The molecule has 0 saturated heterocycles. The first-order chi connectivity index (χ1) is 16.3. The summed E-state index contributed by atoms with van der Waals surface area (Å²) in [6.07, 6.45) is 7.65. The maximum Gasteiger partial charge on any atom is 0.226 e. The van der Waals surface area contributed by atoms with Gasteiger partial charge < -0.3 is 9.73 Å². The second-order valence-electron chi connectivity index (χ2n) is 10.8. The normalized spacial score (nSPS) is 30.1. The number of hydrogen-bond acceptors (Lipinski definition) is 6. The van der Waals surface area contributed by atoms with Crippen molar-refractivity contribution in [2.75, 3.05) is 5.32 Å². The Balaban J connectivity index is 1.24. The summed E-state index contributed by atoms with van der Waals surface area (Å²) in [5.74, 6) is 2.69. The molecule has 2 heterocycles. The molecular formula is C27H31N3O3S. The number of fused-ring (bicyclic) bond motifs is 7. The number of ketones is 1. The maximum absolute atomic E-state index is 13.2. The molecule has 1 aromatic carbocycles. The van der Waals surface area contributed by atoms with E-state index in [1.165, 1.54) is 22.5 Å². The number of nitrogens with one attached hydrogen (secondary N) is 1. The van der Waals surface area contributed by atoms with Crippen LogP contribution in [0, 0.1) is 37.0 Å². The number of Topliss-reactive ketones (excluding diaryl/α,β-unsaturated/α-hetero) is 1. The summed E-state index contributed by atoms with van der Waals surface area (Å²) in [5, 5.41) is 3.59. The molecule has 6 rings (SSSR count). The average molecular weight is 478 g/mol. The molecule has 34 heavy (non-hydrogen) atoms. The van der Waals surface area contributed by atoms with Crippen LogP contribution in [0.5, 0.6) is 0 Å². The van der Waals surface area contributed by atoms with Crippen LogP contribution < -0.4 is 5.32 Å². The standard InChI is InChI=1S/C27H31N3O3S/c1-14-13-28-26(34-14)30-23(32)9-4-16-12-22(31)27(3)11-10-18-17-7-8-21-25(29-15(2)33-21)20(17)6-5-19(18)24(16)27/h7-8,13,16,18-19,24H,4-6,9-12H2,1-3H3,(H,28,30,32). The average Bonchev–Trinajstić information content (AvgIpc) is 3.46. The summed E-state index contributed by atoms with van der Waals surface area (Å²) in [4.78, 5) is 35.9. The van der Waals surface area contributed by atoms with Crippen LogP contribution in [0.2, 0.25) is 0 Å². The molecule has 2 fully saturated rings. The van der Waals surface area contributed by atoms with Gasteiger partial charge in [-0.1, -0.05) is 13.0 Å². The van der Waals surface area contributed by atoms with Crippen molar-refractivity contribution in [2.45, 2.75) is 71.6 Å². The Morgan fingerprint density at radius 3 is 2.94 bits per heavy atom. The van der Waals surface area contributed by atoms with Crippen LogP contribution in [-0.4, -0.2) is 21.7 Å². The smallest absolute Gasteiger partial charge is 0.226 e. The molecule has 3 aromatic rings. The fraction of sp³-hybridized carbons (Fsp3) is 0.556. The van der Waals surface area contributed by atoms with E-state index >= 15 is 0 Å². The molecule has 5 atom stereocenters. The van der Waals surface area contributed by atoms with Crippen molar-refractivity contribution in [1.29, 1.82) is 0 Å². The van der Waals surface area contributed by atoms with Crippen LogP contribution in [0.4, 0.5) is 5.13 Å². The van der Waals surface area contributed by atoms with Gasteiger partial charge in [-0.25, -0.2) is 9.97 Å². The van der Waals surface area contributed by atoms with Gasteiger partial charge in [-0.15, -0.1) is 11.3 Å². The Morgan fingerprint density at radius 1 is 1.29 bits per heavy atom. The molecule has 2 aromatic heterocycles. The van der Waals surface area contributed by atoms with Crippen LogP contribution in [0.3, 0.4) is 0 Å². The minimum absolute atomic E-state index is 0.000505. The van der Waals surface area contributed by atoms with Crippen molar-refractivity contribution in [2.24, 2.45) is 23.2 Å². The van der Waals surface area contributed by atoms with Crippen LogP contribution in [0.1, 0.15) is 73.3 Å². The summed E-state index contributed by atoms with van der Waals surface area (Å²) in [6, 6.07) is 4.32. The van der Waals surface area contributed by atoms with Crippen molar-refractivity contribution in [3.05, 3.63) is 40.2 Å². The number of benzene rings is 1. The molecule has 178 valence electrons. The zero-order valence-corrected chi connectivity index (χ0v) is 20.8. The number of hydrogen-bond donors (Lipinski definition) is 1. The third-order valence-corrected chi connectivity index (χ3v) is 9.65. The van der Waals surface area contributed by atoms with E-state index in [4.69, 9.17) is 4.42 Å². The summed E-state index contributed by atoms with van der Waals surface area (Å²) < 4.78 is 5.79. The van der Waals surface area contributed by atoms with Crippen LogP contribution in [-0.2, 0) is 16.0 Å². The monoisotopic (exact) mass is 477 g/mol. The maximum atomic E-state index is 13.2. The molecule has 3 aliphatic carbocycles. The highest BCUT2D eigenvalue weighted by Gasteiger charge is 2.58.